The molecule has 2 amide bonds. The van der Waals surface area contributed by atoms with E-state index in [0.717, 1.165) is 16.7 Å². The quantitative estimate of drug-likeness (QED) is 0.0682. The lowest BCUT2D eigenvalue weighted by Crippen LogP contribution is -2.30. The van der Waals surface area contributed by atoms with E-state index in [1.54, 1.807) is 30.5 Å². The fourth-order valence-corrected chi connectivity index (χ4v) is 7.96. The van der Waals surface area contributed by atoms with Gasteiger partial charge in [-0.2, -0.15) is 13.2 Å². The Morgan fingerprint density at radius 2 is 1.70 bits per heavy atom. The van der Waals surface area contributed by atoms with Crippen LogP contribution in [0.5, 0.6) is 0 Å². The number of hydrogen-bond donors (Lipinski definition) is 4. The van der Waals surface area contributed by atoms with E-state index in [1.165, 1.54) is 29.2 Å². The number of carbonyl (C=O) groups excluding carboxylic acids is 2. The molecule has 8 nitrogen and oxygen atoms in total. The topological polar surface area (TPSA) is 142 Å². The third-order valence-electron chi connectivity index (χ3n) is 6.04. The minimum absolute atomic E-state index is 0.125. The molecule has 0 bridgehead atoms. The molecule has 0 spiro atoms. The molecule has 0 radical (unpaired) electrons. The van der Waals surface area contributed by atoms with Gasteiger partial charge in [0.05, 0.1) is 24.6 Å². The maximum absolute atomic E-state index is 13.6. The van der Waals surface area contributed by atoms with E-state index in [0.29, 0.717) is 33.3 Å². The second-order valence-corrected chi connectivity index (χ2v) is 13.2. The number of alkyl halides is 3. The van der Waals surface area contributed by atoms with Crippen molar-refractivity contribution >= 4 is 56.8 Å². The zero-order valence-electron chi connectivity index (χ0n) is 23.6. The molecule has 0 atom stereocenters. The minimum Gasteiger partial charge on any atom is -0.383 e. The summed E-state index contributed by atoms with van der Waals surface area (Å²) < 4.78 is 59.1. The molecule has 1 heterocycles. The predicted molar refractivity (Wildman–Crippen MR) is 168 cm³/mol. The Balaban J connectivity index is 0.000000801. The van der Waals surface area contributed by atoms with Crippen LogP contribution in [0.15, 0.2) is 92.9 Å². The molecule has 0 fully saturated rings. The van der Waals surface area contributed by atoms with Gasteiger partial charge in [-0.3, -0.25) is 10.2 Å². The van der Waals surface area contributed by atoms with Crippen LogP contribution in [0.4, 0.5) is 23.7 Å². The van der Waals surface area contributed by atoms with E-state index in [-0.39, 0.29) is 21.7 Å². The third-order valence-corrected chi connectivity index (χ3v) is 10.4. The smallest absolute Gasteiger partial charge is 0.383 e. The number of amides is 2. The van der Waals surface area contributed by atoms with Gasteiger partial charge in [-0.05, 0) is 60.6 Å². The SMILES string of the molecule is CSc1sc(C(=N)N)cc1S(=O)(=O)c1cccc(-c2c(C)cccc2NC(=O)NCCc2ccccc2)c1.O=CC(F)(F)F. The van der Waals surface area contributed by atoms with Crippen molar-refractivity contribution in [1.29, 1.82) is 5.41 Å². The van der Waals surface area contributed by atoms with Crippen molar-refractivity contribution in [3.8, 4) is 11.1 Å². The number of carbonyl (C=O) groups is 2. The first-order chi connectivity index (χ1) is 20.8. The summed E-state index contributed by atoms with van der Waals surface area (Å²) >= 11 is 2.49. The Bertz CT molecular complexity index is 1740. The predicted octanol–water partition coefficient (Wildman–Crippen LogP) is 6.67. The first kappa shape index (κ1) is 34.4. The molecule has 4 aromatic rings. The second kappa shape index (κ2) is 15.0. The lowest BCUT2D eigenvalue weighted by Gasteiger charge is -2.16. The van der Waals surface area contributed by atoms with Crippen LogP contribution in [0.3, 0.4) is 0 Å². The summed E-state index contributed by atoms with van der Waals surface area (Å²) in [6.45, 7) is 2.39. The highest BCUT2D eigenvalue weighted by molar-refractivity contribution is 8.01. The van der Waals surface area contributed by atoms with Crippen LogP contribution in [-0.4, -0.2) is 45.5 Å². The summed E-state index contributed by atoms with van der Waals surface area (Å²) in [5.74, 6) is -0.168. The zero-order valence-corrected chi connectivity index (χ0v) is 26.0. The molecule has 3 aromatic carbocycles. The number of thiophene rings is 1. The van der Waals surface area contributed by atoms with Gasteiger partial charge in [-0.25, -0.2) is 13.2 Å². The van der Waals surface area contributed by atoms with Gasteiger partial charge in [0.1, 0.15) is 5.84 Å². The molecule has 4 rings (SSSR count). The highest BCUT2D eigenvalue weighted by Gasteiger charge is 2.26. The molecular weight excluding hydrogens is 634 g/mol. The highest BCUT2D eigenvalue weighted by Crippen LogP contribution is 2.38. The lowest BCUT2D eigenvalue weighted by molar-refractivity contribution is -0.156. The maximum atomic E-state index is 13.6. The highest BCUT2D eigenvalue weighted by atomic mass is 32.2. The number of anilines is 1. The van der Waals surface area contributed by atoms with Gasteiger partial charge in [0.2, 0.25) is 16.1 Å². The van der Waals surface area contributed by atoms with Gasteiger partial charge in [-0.1, -0.05) is 54.6 Å². The third kappa shape index (κ3) is 9.18. The van der Waals surface area contributed by atoms with E-state index in [9.17, 15) is 26.4 Å². The van der Waals surface area contributed by atoms with Crippen molar-refractivity contribution in [1.82, 2.24) is 5.32 Å². The van der Waals surface area contributed by atoms with Crippen molar-refractivity contribution in [3.05, 3.63) is 94.9 Å². The van der Waals surface area contributed by atoms with Crippen LogP contribution in [0, 0.1) is 12.3 Å². The minimum atomic E-state index is -4.64. The number of benzene rings is 3. The van der Waals surface area contributed by atoms with Crippen LogP contribution in [0.1, 0.15) is 16.0 Å². The number of nitrogen functional groups attached to an aromatic ring is 1. The van der Waals surface area contributed by atoms with Gasteiger partial charge < -0.3 is 16.4 Å². The molecule has 1 aromatic heterocycles. The van der Waals surface area contributed by atoms with Gasteiger partial charge in [0, 0.05) is 12.1 Å². The monoisotopic (exact) mass is 662 g/mol. The molecule has 14 heteroatoms. The van der Waals surface area contributed by atoms with E-state index in [2.05, 4.69) is 10.6 Å². The molecule has 0 aliphatic heterocycles. The Morgan fingerprint density at radius 1 is 1.05 bits per heavy atom. The molecular formula is C30H29F3N4O4S3. The number of amidine groups is 1. The zero-order chi connectivity index (χ0) is 32.5. The summed E-state index contributed by atoms with van der Waals surface area (Å²) in [6, 6.07) is 23.3. The molecule has 5 N–H and O–H groups in total. The fraction of sp³-hybridized carbons (Fsp3) is 0.167. The van der Waals surface area contributed by atoms with Gasteiger partial charge in [-0.15, -0.1) is 23.1 Å². The number of urea groups is 1. The molecule has 44 heavy (non-hydrogen) atoms. The van der Waals surface area contributed by atoms with Crippen molar-refractivity contribution < 1.29 is 31.2 Å². The van der Waals surface area contributed by atoms with Crippen LogP contribution >= 0.6 is 23.1 Å². The number of halogens is 3. The number of aldehydes is 1. The van der Waals surface area contributed by atoms with E-state index >= 15 is 0 Å². The van der Waals surface area contributed by atoms with Crippen molar-refractivity contribution in [2.45, 2.75) is 33.5 Å². The Hall–Kier alpha value is -4.14. The number of aryl methyl sites for hydroxylation is 1. The molecule has 0 unspecified atom stereocenters. The number of sulfone groups is 1. The molecule has 232 valence electrons. The fourth-order valence-electron chi connectivity index (χ4n) is 4.05. The Kier molecular flexibility index (Phi) is 11.7. The van der Waals surface area contributed by atoms with Gasteiger partial charge in [0.25, 0.3) is 0 Å². The molecule has 0 aliphatic carbocycles. The average Bonchev–Trinajstić information content (AvgIpc) is 3.44. The summed E-state index contributed by atoms with van der Waals surface area (Å²) in [4.78, 5) is 22.1. The number of nitrogens with two attached hydrogens (primary N) is 1. The van der Waals surface area contributed by atoms with E-state index < -0.39 is 22.3 Å². The van der Waals surface area contributed by atoms with Gasteiger partial charge >= 0.3 is 12.2 Å². The number of rotatable bonds is 9. The molecule has 0 aliphatic rings. The normalized spacial score (nSPS) is 11.2. The lowest BCUT2D eigenvalue weighted by atomic mass is 9.98. The number of thioether (sulfide) groups is 1. The Morgan fingerprint density at radius 3 is 2.32 bits per heavy atom. The average molecular weight is 663 g/mol. The van der Waals surface area contributed by atoms with Crippen molar-refractivity contribution in [2.24, 2.45) is 5.73 Å². The number of nitrogens with one attached hydrogen (secondary N) is 3. The van der Waals surface area contributed by atoms with Gasteiger partial charge in [0.15, 0.2) is 0 Å². The summed E-state index contributed by atoms with van der Waals surface area (Å²) in [5, 5.41) is 13.5. The first-order valence-electron chi connectivity index (χ1n) is 12.9. The second-order valence-electron chi connectivity index (χ2n) is 9.18. The first-order valence-corrected chi connectivity index (χ1v) is 16.4. The van der Waals surface area contributed by atoms with Crippen molar-refractivity contribution in [3.63, 3.8) is 0 Å². The summed E-state index contributed by atoms with van der Waals surface area (Å²) in [5.41, 5.74) is 9.62. The largest absolute Gasteiger partial charge is 0.446 e. The van der Waals surface area contributed by atoms with E-state index in [1.807, 2.05) is 55.5 Å². The van der Waals surface area contributed by atoms with Crippen LogP contribution in [0.25, 0.3) is 11.1 Å². The molecule has 0 saturated heterocycles. The van der Waals surface area contributed by atoms with Crippen molar-refractivity contribution in [2.75, 3.05) is 18.1 Å². The molecule has 0 saturated carbocycles. The van der Waals surface area contributed by atoms with Crippen LogP contribution < -0.4 is 16.4 Å². The summed E-state index contributed by atoms with van der Waals surface area (Å²) in [6.07, 6.45) is -3.20. The maximum Gasteiger partial charge on any atom is 0.446 e. The number of hydrogen-bond acceptors (Lipinski definition) is 7. The van der Waals surface area contributed by atoms with Crippen LogP contribution in [-0.2, 0) is 21.1 Å². The van der Waals surface area contributed by atoms with Crippen LogP contribution in [0.2, 0.25) is 0 Å². The van der Waals surface area contributed by atoms with E-state index in [4.69, 9.17) is 15.9 Å². The standard InChI is InChI=1S/C28H28N4O3S3.C2HF3O/c1-18-8-6-13-22(32-28(33)31-15-14-19-9-4-3-5-10-19)25(18)20-11-7-12-21(16-20)38(34,35)24-17-23(26(29)30)37-27(24)36-2;3-2(4,5)1-6/h3-13,16-17H,14-15H2,1-2H3,(H3,29,30)(H2,31,32,33);1H. The summed E-state index contributed by atoms with van der Waals surface area (Å²) in [7, 11) is -3.87. The Labute approximate surface area is 261 Å².